The van der Waals surface area contributed by atoms with Crippen LogP contribution >= 0.6 is 0 Å². The highest BCUT2D eigenvalue weighted by Crippen LogP contribution is 2.15. The molecule has 0 heterocycles. The monoisotopic (exact) mass is 1050 g/mol. The molecule has 0 N–H and O–H groups in total. The van der Waals surface area contributed by atoms with Gasteiger partial charge in [-0.2, -0.15) is 0 Å². The van der Waals surface area contributed by atoms with E-state index in [0.717, 1.165) is 122 Å². The smallest absolute Gasteiger partial charge is 0.306 e. The zero-order chi connectivity index (χ0) is 55.0. The average Bonchev–Trinajstić information content (AvgIpc) is 3.42. The predicted octanol–water partition coefficient (Wildman–Crippen LogP) is 21.6. The molecule has 432 valence electrons. The summed E-state index contributed by atoms with van der Waals surface area (Å²) >= 11 is 0. The second kappa shape index (κ2) is 63.3. The van der Waals surface area contributed by atoms with Gasteiger partial charge in [0.05, 0.1) is 0 Å². The highest BCUT2D eigenvalue weighted by Gasteiger charge is 2.19. The van der Waals surface area contributed by atoms with Crippen molar-refractivity contribution in [3.63, 3.8) is 0 Å². The highest BCUT2D eigenvalue weighted by atomic mass is 16.6. The van der Waals surface area contributed by atoms with Crippen LogP contribution in [0.3, 0.4) is 0 Å². The minimum absolute atomic E-state index is 0.0915. The Morgan fingerprint density at radius 1 is 0.276 bits per heavy atom. The van der Waals surface area contributed by atoms with Gasteiger partial charge in [0.1, 0.15) is 13.2 Å². The van der Waals surface area contributed by atoms with Crippen molar-refractivity contribution in [2.24, 2.45) is 0 Å². The van der Waals surface area contributed by atoms with E-state index in [2.05, 4.69) is 142 Å². The maximum absolute atomic E-state index is 12.9. The van der Waals surface area contributed by atoms with Crippen molar-refractivity contribution in [3.05, 3.63) is 122 Å². The fourth-order valence-electron chi connectivity index (χ4n) is 8.49. The van der Waals surface area contributed by atoms with Crippen molar-refractivity contribution in [2.75, 3.05) is 13.2 Å². The lowest BCUT2D eigenvalue weighted by Gasteiger charge is -2.18. The summed E-state index contributed by atoms with van der Waals surface area (Å²) in [5, 5.41) is 0. The molecular weight excluding hydrogens is 937 g/mol. The van der Waals surface area contributed by atoms with Crippen LogP contribution in [0.4, 0.5) is 0 Å². The molecule has 1 unspecified atom stereocenters. The Kier molecular flexibility index (Phi) is 59.9. The summed E-state index contributed by atoms with van der Waals surface area (Å²) in [6.45, 7) is 6.46. The Morgan fingerprint density at radius 2 is 0.513 bits per heavy atom. The fraction of sp³-hybridized carbons (Fsp3) is 0.671. The molecule has 6 heteroatoms. The summed E-state index contributed by atoms with van der Waals surface area (Å²) in [6, 6.07) is 0. The Morgan fingerprint density at radius 3 is 0.816 bits per heavy atom. The van der Waals surface area contributed by atoms with Gasteiger partial charge in [0, 0.05) is 19.3 Å². The van der Waals surface area contributed by atoms with E-state index in [1.54, 1.807) is 0 Å². The van der Waals surface area contributed by atoms with Gasteiger partial charge in [-0.3, -0.25) is 14.4 Å². The largest absolute Gasteiger partial charge is 0.462 e. The lowest BCUT2D eigenvalue weighted by atomic mass is 10.0. The second-order valence-electron chi connectivity index (χ2n) is 20.6. The van der Waals surface area contributed by atoms with Gasteiger partial charge in [-0.15, -0.1) is 0 Å². The predicted molar refractivity (Wildman–Crippen MR) is 330 cm³/mol. The van der Waals surface area contributed by atoms with Crippen molar-refractivity contribution < 1.29 is 28.6 Å². The Labute approximate surface area is 469 Å². The second-order valence-corrected chi connectivity index (χ2v) is 20.6. The van der Waals surface area contributed by atoms with Crippen molar-refractivity contribution >= 4 is 17.9 Å². The van der Waals surface area contributed by atoms with Crippen LogP contribution in [0.5, 0.6) is 0 Å². The van der Waals surface area contributed by atoms with Crippen LogP contribution in [-0.4, -0.2) is 37.2 Å². The normalized spacial score (nSPS) is 12.9. The van der Waals surface area contributed by atoms with Crippen molar-refractivity contribution in [2.45, 2.75) is 290 Å². The number of hydrogen-bond donors (Lipinski definition) is 0. The highest BCUT2D eigenvalue weighted by molar-refractivity contribution is 5.71. The van der Waals surface area contributed by atoms with Crippen LogP contribution in [0.1, 0.15) is 284 Å². The molecule has 6 nitrogen and oxygen atoms in total. The van der Waals surface area contributed by atoms with Gasteiger partial charge < -0.3 is 14.2 Å². The van der Waals surface area contributed by atoms with E-state index in [4.69, 9.17) is 14.2 Å². The molecule has 0 aliphatic rings. The molecule has 1 atom stereocenters. The topological polar surface area (TPSA) is 78.9 Å². The summed E-state index contributed by atoms with van der Waals surface area (Å²) in [4.78, 5) is 38.1. The minimum atomic E-state index is -0.796. The summed E-state index contributed by atoms with van der Waals surface area (Å²) in [5.74, 6) is -0.932. The Bertz CT molecular complexity index is 1590. The summed E-state index contributed by atoms with van der Waals surface area (Å²) in [7, 11) is 0. The van der Waals surface area contributed by atoms with E-state index < -0.39 is 6.10 Å². The molecule has 76 heavy (non-hydrogen) atoms. The number of rotatable bonds is 56. The molecule has 0 aromatic carbocycles. The maximum atomic E-state index is 12.9. The molecule has 0 aromatic rings. The molecule has 0 radical (unpaired) electrons. The third-order valence-corrected chi connectivity index (χ3v) is 13.2. The molecule has 0 amide bonds. The van der Waals surface area contributed by atoms with Gasteiger partial charge in [0.25, 0.3) is 0 Å². The van der Waals surface area contributed by atoms with Gasteiger partial charge in [-0.1, -0.05) is 271 Å². The Balaban J connectivity index is 4.29. The third kappa shape index (κ3) is 60.7. The molecule has 0 bridgehead atoms. The standard InChI is InChI=1S/C70H116O6/c1-4-7-10-13-16-19-21-23-25-27-29-31-33-35-37-39-41-43-45-47-49-51-54-57-60-63-69(72)75-66-67(65-74-68(71)62-59-56-53-18-15-12-9-6-3)76-70(73)64-61-58-55-52-50-48-46-44-42-40-38-36-34-32-30-28-26-24-22-20-17-14-11-8-5-2/h7,10,16,19,22-25,28-31,34-37,41,43,47,49,67H,4-6,8-9,11-15,17-18,20-21,26-27,32-33,38-40,42,44-46,48,50-66H2,1-3H3/b10-7-,19-16-,24-22-,25-23-,30-28-,31-29-,36-34-,37-35-,43-41-,49-47-. The molecule has 0 spiro atoms. The van der Waals surface area contributed by atoms with Crippen LogP contribution in [0.15, 0.2) is 122 Å². The average molecular weight is 1050 g/mol. The van der Waals surface area contributed by atoms with E-state index in [1.807, 2.05) is 0 Å². The summed E-state index contributed by atoms with van der Waals surface area (Å²) in [6.07, 6.45) is 87.9. The third-order valence-electron chi connectivity index (χ3n) is 13.2. The van der Waals surface area contributed by atoms with Crippen LogP contribution < -0.4 is 0 Å². The van der Waals surface area contributed by atoms with Crippen molar-refractivity contribution in [3.8, 4) is 0 Å². The van der Waals surface area contributed by atoms with Gasteiger partial charge in [0.2, 0.25) is 0 Å². The number of ether oxygens (including phenoxy) is 3. The van der Waals surface area contributed by atoms with E-state index in [-0.39, 0.29) is 31.1 Å². The van der Waals surface area contributed by atoms with E-state index >= 15 is 0 Å². The van der Waals surface area contributed by atoms with Crippen LogP contribution in [0, 0.1) is 0 Å². The lowest BCUT2D eigenvalue weighted by Crippen LogP contribution is -2.30. The zero-order valence-corrected chi connectivity index (χ0v) is 49.5. The number of allylic oxidation sites excluding steroid dienone is 20. The summed E-state index contributed by atoms with van der Waals surface area (Å²) < 4.78 is 16.8. The zero-order valence-electron chi connectivity index (χ0n) is 49.5. The molecular formula is C70H116O6. The lowest BCUT2D eigenvalue weighted by molar-refractivity contribution is -0.167. The minimum Gasteiger partial charge on any atom is -0.462 e. The molecule has 0 saturated heterocycles. The molecule has 0 aliphatic heterocycles. The first kappa shape index (κ1) is 71.8. The SMILES string of the molecule is CC/C=C\C/C=C\C/C=C\C/C=C\C/C=C\C/C=C\C/C=C\CCCCCC(=O)OCC(COC(=O)CCCCCCCCCC)OC(=O)CCCCCCCCCCCC/C=C\C/C=C\C/C=C\CCCCCCC. The van der Waals surface area contributed by atoms with Crippen LogP contribution in [0.2, 0.25) is 0 Å². The van der Waals surface area contributed by atoms with E-state index in [1.165, 1.54) is 122 Å². The first-order valence-electron chi connectivity index (χ1n) is 31.5. The number of carbonyl (C=O) groups is 3. The van der Waals surface area contributed by atoms with Crippen molar-refractivity contribution in [1.82, 2.24) is 0 Å². The molecule has 0 rings (SSSR count). The summed E-state index contributed by atoms with van der Waals surface area (Å²) in [5.41, 5.74) is 0. The first-order valence-corrected chi connectivity index (χ1v) is 31.5. The van der Waals surface area contributed by atoms with Crippen molar-refractivity contribution in [1.29, 1.82) is 0 Å². The maximum Gasteiger partial charge on any atom is 0.306 e. The molecule has 0 aliphatic carbocycles. The van der Waals surface area contributed by atoms with Gasteiger partial charge in [0.15, 0.2) is 6.10 Å². The number of unbranched alkanes of at least 4 members (excludes halogenated alkanes) is 25. The molecule has 0 saturated carbocycles. The Hall–Kier alpha value is -4.19. The van der Waals surface area contributed by atoms with E-state index in [9.17, 15) is 14.4 Å². The number of hydrogen-bond acceptors (Lipinski definition) is 6. The molecule has 0 fully saturated rings. The number of esters is 3. The van der Waals surface area contributed by atoms with Gasteiger partial charge in [-0.05, 0) is 116 Å². The van der Waals surface area contributed by atoms with Crippen LogP contribution in [-0.2, 0) is 28.6 Å². The first-order chi connectivity index (χ1) is 37.5. The van der Waals surface area contributed by atoms with Gasteiger partial charge >= 0.3 is 17.9 Å². The molecule has 0 aromatic heterocycles. The number of carbonyl (C=O) groups excluding carboxylic acids is 3. The van der Waals surface area contributed by atoms with E-state index in [0.29, 0.717) is 19.3 Å². The van der Waals surface area contributed by atoms with Gasteiger partial charge in [-0.25, -0.2) is 0 Å². The fourth-order valence-corrected chi connectivity index (χ4v) is 8.49. The quantitative estimate of drug-likeness (QED) is 0.0261. The van der Waals surface area contributed by atoms with Crippen LogP contribution in [0.25, 0.3) is 0 Å².